The van der Waals surface area contributed by atoms with E-state index in [1.807, 2.05) is 20.8 Å². The Kier molecular flexibility index (Phi) is 17.3. The minimum absolute atomic E-state index is 0.00678. The number of halogens is 3. The number of hydrogen-bond acceptors (Lipinski definition) is 24. The first-order valence-corrected chi connectivity index (χ1v) is 26.3. The van der Waals surface area contributed by atoms with E-state index in [1.165, 1.54) is 34.5 Å². The first-order valence-electron chi connectivity index (χ1n) is 27.1. The molecule has 0 aliphatic heterocycles. The number of nitrogens with zero attached hydrogens (tertiary/aromatic N) is 20. The molecule has 0 fully saturated rings. The monoisotopic (exact) mass is 1290 g/mol. The largest absolute Gasteiger partial charge is 0.488 e. The van der Waals surface area contributed by atoms with Gasteiger partial charge in [0.25, 0.3) is 0 Å². The lowest BCUT2D eigenvalue weighted by molar-refractivity contribution is 0.256. The Bertz CT molecular complexity index is 4450. The van der Waals surface area contributed by atoms with Crippen LogP contribution in [0.15, 0.2) is 145 Å². The summed E-state index contributed by atoms with van der Waals surface area (Å²) in [6, 6.07) is 20.5. The summed E-state index contributed by atoms with van der Waals surface area (Å²) < 4.78 is 94.5. The van der Waals surface area contributed by atoms with Crippen molar-refractivity contribution in [2.24, 2.45) is 28.2 Å². The van der Waals surface area contributed by atoms with E-state index < -0.39 is 28.8 Å². The Morgan fingerprint density at radius 2 is 0.816 bits per heavy atom. The van der Waals surface area contributed by atoms with Crippen LogP contribution >= 0.6 is 27.5 Å². The number of hydrogen-bond donors (Lipinski definition) is 0. The first-order chi connectivity index (χ1) is 43.5. The van der Waals surface area contributed by atoms with Crippen molar-refractivity contribution in [3.05, 3.63) is 206 Å². The molecule has 0 spiro atoms. The Morgan fingerprint density at radius 3 is 1.22 bits per heavy atom. The Hall–Kier alpha value is -10.9. The van der Waals surface area contributed by atoms with E-state index in [0.717, 1.165) is 59.7 Å². The molecule has 0 saturated carbocycles. The normalized spacial score (nSPS) is 11.5. The fraction of sp³-hybridized carbons (Fsp3) is 0.231. The smallest absolute Gasteiger partial charge is 0.369 e. The van der Waals surface area contributed by atoms with Crippen molar-refractivity contribution in [1.29, 1.82) is 0 Å². The zero-order valence-corrected chi connectivity index (χ0v) is 49.2. The zero-order valence-electron chi connectivity index (χ0n) is 50.8. The maximum absolute atomic E-state index is 13.8. The minimum atomic E-state index is -0.965. The van der Waals surface area contributed by atoms with Gasteiger partial charge in [-0.15, -0.1) is 18.7 Å². The molecule has 8 aromatic heterocycles. The van der Waals surface area contributed by atoms with Crippen LogP contribution in [0.1, 0.15) is 50.0 Å². The van der Waals surface area contributed by atoms with E-state index in [1.54, 1.807) is 79.7 Å². The number of para-hydroxylation sites is 4. The van der Waals surface area contributed by atoms with Crippen molar-refractivity contribution in [2.45, 2.75) is 54.1 Å². The highest BCUT2D eigenvalue weighted by Crippen LogP contribution is 2.28. The van der Waals surface area contributed by atoms with Crippen molar-refractivity contribution in [3.8, 4) is 46.3 Å². The third kappa shape index (κ3) is 13.9. The summed E-state index contributed by atoms with van der Waals surface area (Å²) in [4.78, 5) is 47.5. The number of aryl methyl sites for hydroxylation is 8. The second-order valence-corrected chi connectivity index (χ2v) is 19.1. The van der Waals surface area contributed by atoms with Crippen LogP contribution in [-0.4, -0.2) is 99.8 Å². The molecule has 4 aromatic carbocycles. The van der Waals surface area contributed by atoms with Crippen LogP contribution in [0.4, 0.5) is 4.39 Å². The van der Waals surface area contributed by atoms with E-state index in [9.17, 15) is 23.6 Å². The molecule has 12 aromatic rings. The average molecular weight is 1290 g/mol. The predicted octanol–water partition coefficient (Wildman–Crippen LogP) is 4.92. The summed E-state index contributed by atoms with van der Waals surface area (Å²) in [5.41, 5.74) is 2.71. The topological polar surface area (TPSA) is 352 Å². The Morgan fingerprint density at radius 1 is 0.471 bits per heavy atom. The molecule has 0 atom stereocenters. The van der Waals surface area contributed by atoms with Gasteiger partial charge in [0, 0.05) is 28.2 Å². The number of tetrazole rings is 4. The van der Waals surface area contributed by atoms with Gasteiger partial charge in [0.1, 0.15) is 61.3 Å². The van der Waals surface area contributed by atoms with Crippen molar-refractivity contribution in [3.63, 3.8) is 0 Å². The molecule has 0 radical (unpaired) electrons. The standard InChI is InChI=1S/C13H12BrN5O3.C13H12ClN5O3.C13H12FN5O3.C13H13N5O3/c3*1-8-5-3-4-6-10(8)21-7-9-11(14)22-15-12(9)19-13(20)18(2)16-17-19;1-9-5-3-4-6-11(9)20-7-10-8-21-14-12(10)18-13(19)17(2)15-16-18/h3*3-6H,7H2,1-2H3;3-6,8H,7H2,1-2H3/i4*3T. The molecule has 0 bridgehead atoms. The number of ether oxygens (including phenoxy) is 4. The summed E-state index contributed by atoms with van der Waals surface area (Å²) >= 11 is 9.22. The molecular weight excluding hydrogens is 1230 g/mol. The van der Waals surface area contributed by atoms with Gasteiger partial charge in [0.15, 0.2) is 0 Å². The average Bonchev–Trinajstić information content (AvgIpc) is 1.76. The lowest BCUT2D eigenvalue weighted by atomic mass is 10.2. The molecule has 35 heteroatoms. The van der Waals surface area contributed by atoms with E-state index in [2.05, 4.69) is 82.8 Å². The fourth-order valence-corrected chi connectivity index (χ4v) is 7.81. The van der Waals surface area contributed by atoms with Gasteiger partial charge in [-0.1, -0.05) is 93.3 Å². The molecule has 87 heavy (non-hydrogen) atoms. The second kappa shape index (κ2) is 27.2. The Labute approximate surface area is 506 Å². The van der Waals surface area contributed by atoms with Crippen molar-refractivity contribution >= 4 is 27.5 Å². The maximum Gasteiger partial charge on any atom is 0.369 e. The fourth-order valence-electron chi connectivity index (χ4n) is 7.27. The van der Waals surface area contributed by atoms with Gasteiger partial charge in [-0.25, -0.2) is 19.2 Å². The van der Waals surface area contributed by atoms with Crippen LogP contribution < -0.4 is 41.7 Å². The van der Waals surface area contributed by atoms with Gasteiger partial charge in [-0.3, -0.25) is 0 Å². The predicted molar refractivity (Wildman–Crippen MR) is 301 cm³/mol. The molecule has 0 aliphatic rings. The van der Waals surface area contributed by atoms with Gasteiger partial charge in [0.05, 0.1) is 22.2 Å². The molecule has 8 heterocycles. The van der Waals surface area contributed by atoms with Gasteiger partial charge >= 0.3 is 28.8 Å². The Balaban J connectivity index is 0.000000144. The first kappa shape index (κ1) is 55.3. The van der Waals surface area contributed by atoms with E-state index in [-0.39, 0.29) is 60.5 Å². The summed E-state index contributed by atoms with van der Waals surface area (Å²) in [6.45, 7) is 7.38. The molecule has 0 aliphatic carbocycles. The molecule has 0 saturated heterocycles. The SMILES string of the molecule is [3H]c1ccc(OCc2c(-n3nnn(C)c3=O)noc2Br)c(C)c1.[3H]c1ccc(OCc2c(-n3nnn(C)c3=O)noc2Cl)c(C)c1.[3H]c1ccc(OCc2c(-n3nnn(C)c3=O)noc2F)c(C)c1.[3H]c1ccc(OCc2conc2-n2nnn(C)c2=O)c(C)c1. The van der Waals surface area contributed by atoms with E-state index in [0.29, 0.717) is 68.5 Å². The van der Waals surface area contributed by atoms with Gasteiger partial charge in [0.2, 0.25) is 33.2 Å². The van der Waals surface area contributed by atoms with E-state index >= 15 is 0 Å². The van der Waals surface area contributed by atoms with E-state index in [4.69, 9.17) is 49.6 Å². The van der Waals surface area contributed by atoms with Gasteiger partial charge in [-0.2, -0.15) is 23.1 Å². The molecule has 32 nitrogen and oxygen atoms in total. The minimum Gasteiger partial charge on any atom is -0.488 e. The number of aromatic nitrogens is 20. The van der Waals surface area contributed by atoms with Gasteiger partial charge < -0.3 is 37.0 Å². The van der Waals surface area contributed by atoms with Crippen molar-refractivity contribution in [2.75, 3.05) is 0 Å². The molecule has 0 amide bonds. The second-order valence-electron chi connectivity index (χ2n) is 18.0. The molecule has 12 rings (SSSR count). The lowest BCUT2D eigenvalue weighted by Gasteiger charge is -2.08. The summed E-state index contributed by atoms with van der Waals surface area (Å²) in [5, 5.41) is 44.0. The third-order valence-electron chi connectivity index (χ3n) is 12.0. The van der Waals surface area contributed by atoms with Crippen LogP contribution in [0, 0.1) is 33.7 Å². The molecular formula is C52H49BrClFN20O12. The highest BCUT2D eigenvalue weighted by Gasteiger charge is 2.25. The lowest BCUT2D eigenvalue weighted by Crippen LogP contribution is -2.23. The summed E-state index contributed by atoms with van der Waals surface area (Å²) in [5.74, 6) is 2.83. The number of rotatable bonds is 16. The summed E-state index contributed by atoms with van der Waals surface area (Å²) in [7, 11) is 5.86. The molecule has 450 valence electrons. The third-order valence-corrected chi connectivity index (χ3v) is 13.0. The van der Waals surface area contributed by atoms with Crippen molar-refractivity contribution in [1.82, 2.24) is 99.8 Å². The van der Waals surface area contributed by atoms with Crippen LogP contribution in [0.2, 0.25) is 5.22 Å². The van der Waals surface area contributed by atoms with Crippen LogP contribution in [0.3, 0.4) is 0 Å². The zero-order chi connectivity index (χ0) is 65.4. The van der Waals surface area contributed by atoms with Crippen molar-refractivity contribution < 1.29 is 46.9 Å². The highest BCUT2D eigenvalue weighted by atomic mass is 79.9. The van der Waals surface area contributed by atoms with Crippen LogP contribution in [-0.2, 0) is 54.6 Å². The van der Waals surface area contributed by atoms with Crippen LogP contribution in [0.5, 0.6) is 23.0 Å². The van der Waals surface area contributed by atoms with Gasteiger partial charge in [-0.05, 0) is 143 Å². The number of benzene rings is 4. The van der Waals surface area contributed by atoms with Crippen LogP contribution in [0.25, 0.3) is 23.3 Å². The molecule has 0 N–H and O–H groups in total. The maximum atomic E-state index is 13.8. The summed E-state index contributed by atoms with van der Waals surface area (Å²) in [6.07, 6.45) is 1.39. The quantitative estimate of drug-likeness (QED) is 0.124. The highest BCUT2D eigenvalue weighted by molar-refractivity contribution is 9.10. The molecule has 0 unspecified atom stereocenters.